The molecule has 3 nitrogen and oxygen atoms in total. The molecule has 1 saturated heterocycles. The molecule has 0 spiro atoms. The van der Waals surface area contributed by atoms with Gasteiger partial charge < -0.3 is 5.32 Å². The third-order valence-corrected chi connectivity index (χ3v) is 6.49. The van der Waals surface area contributed by atoms with Gasteiger partial charge in [-0.1, -0.05) is 29.8 Å². The zero-order chi connectivity index (χ0) is 17.3. The highest BCUT2D eigenvalue weighted by Crippen LogP contribution is 2.37. The number of allylic oxidation sites excluding steroid dienone is 2. The van der Waals surface area contributed by atoms with Crippen molar-refractivity contribution in [2.75, 3.05) is 26.2 Å². The highest BCUT2D eigenvalue weighted by atomic mass is 35.5. The van der Waals surface area contributed by atoms with Crippen molar-refractivity contribution in [1.82, 2.24) is 10.2 Å². The topological polar surface area (TPSA) is 39.1 Å². The summed E-state index contributed by atoms with van der Waals surface area (Å²) in [6, 6.07) is 8.71. The van der Waals surface area contributed by atoms with E-state index in [1.54, 1.807) is 11.3 Å². The maximum absolute atomic E-state index is 10.1. The van der Waals surface area contributed by atoms with E-state index >= 15 is 0 Å². The Bertz CT molecular complexity index is 873. The second-order valence-electron chi connectivity index (χ2n) is 6.63. The van der Waals surface area contributed by atoms with Gasteiger partial charge in [-0.3, -0.25) is 4.90 Å². The summed E-state index contributed by atoms with van der Waals surface area (Å²) in [5.74, 6) is 0.136. The van der Waals surface area contributed by atoms with Crippen molar-refractivity contribution in [1.29, 1.82) is 5.26 Å². The Kier molecular flexibility index (Phi) is 4.66. The van der Waals surface area contributed by atoms with Crippen LogP contribution < -0.4 is 5.32 Å². The summed E-state index contributed by atoms with van der Waals surface area (Å²) in [4.78, 5) is 2.33. The zero-order valence-electron chi connectivity index (χ0n) is 13.9. The van der Waals surface area contributed by atoms with E-state index in [9.17, 15) is 5.26 Å². The minimum Gasteiger partial charge on any atom is -0.314 e. The number of benzene rings is 1. The molecule has 1 aromatic heterocycles. The third-order valence-electron chi connectivity index (χ3n) is 5.25. The quantitative estimate of drug-likeness (QED) is 0.888. The lowest BCUT2D eigenvalue weighted by Gasteiger charge is -2.44. The van der Waals surface area contributed by atoms with E-state index in [2.05, 4.69) is 46.0 Å². The molecule has 2 atom stereocenters. The number of fused-ring (bicyclic) bond motifs is 1. The fourth-order valence-corrected chi connectivity index (χ4v) is 5.04. The highest BCUT2D eigenvalue weighted by Gasteiger charge is 2.42. The maximum Gasteiger partial charge on any atom is 0.134 e. The molecule has 128 valence electrons. The fraction of sp³-hybridized carbons (Fsp3) is 0.350. The number of rotatable bonds is 3. The molecule has 0 saturated carbocycles. The van der Waals surface area contributed by atoms with Crippen molar-refractivity contribution in [3.63, 3.8) is 0 Å². The molecular weight excluding hydrogens is 350 g/mol. The molecule has 5 heteroatoms. The second kappa shape index (κ2) is 6.93. The van der Waals surface area contributed by atoms with Gasteiger partial charge in [0.25, 0.3) is 0 Å². The van der Waals surface area contributed by atoms with Crippen LogP contribution in [0.3, 0.4) is 0 Å². The van der Waals surface area contributed by atoms with E-state index in [-0.39, 0.29) is 5.92 Å². The fourth-order valence-electron chi connectivity index (χ4n) is 3.91. The zero-order valence-corrected chi connectivity index (χ0v) is 15.5. The Morgan fingerprint density at radius 3 is 2.96 bits per heavy atom. The van der Waals surface area contributed by atoms with Crippen molar-refractivity contribution in [2.24, 2.45) is 5.92 Å². The predicted molar refractivity (Wildman–Crippen MR) is 105 cm³/mol. The highest BCUT2D eigenvalue weighted by molar-refractivity contribution is 7.17. The van der Waals surface area contributed by atoms with E-state index in [0.29, 0.717) is 0 Å². The Balaban J connectivity index is 1.69. The summed E-state index contributed by atoms with van der Waals surface area (Å²) >= 11 is 7.95. The number of nitriles is 1. The molecule has 0 bridgehead atoms. The molecule has 2 aliphatic rings. The van der Waals surface area contributed by atoms with Crippen molar-refractivity contribution in [2.45, 2.75) is 12.0 Å². The molecule has 0 radical (unpaired) electrons. The normalized spacial score (nSPS) is 26.8. The summed E-state index contributed by atoms with van der Waals surface area (Å²) in [5.41, 5.74) is 0.714. The van der Waals surface area contributed by atoms with Crippen LogP contribution in [0.2, 0.25) is 5.02 Å². The molecule has 1 aromatic carbocycles. The van der Waals surface area contributed by atoms with E-state index in [1.165, 1.54) is 15.6 Å². The minimum absolute atomic E-state index is 0.136. The molecule has 25 heavy (non-hydrogen) atoms. The van der Waals surface area contributed by atoms with Crippen LogP contribution in [-0.4, -0.2) is 36.6 Å². The molecule has 1 aliphatic carbocycles. The van der Waals surface area contributed by atoms with Gasteiger partial charge in [-0.25, -0.2) is 0 Å². The second-order valence-corrected chi connectivity index (χ2v) is 7.98. The van der Waals surface area contributed by atoms with E-state index in [0.717, 1.165) is 37.6 Å². The van der Waals surface area contributed by atoms with Crippen LogP contribution in [0.5, 0.6) is 0 Å². The van der Waals surface area contributed by atoms with Crippen LogP contribution in [0.4, 0.5) is 0 Å². The van der Waals surface area contributed by atoms with Crippen molar-refractivity contribution in [3.8, 4) is 6.07 Å². The first-order valence-electron chi connectivity index (χ1n) is 8.61. The largest absolute Gasteiger partial charge is 0.314 e. The number of hydrogen-bond acceptors (Lipinski definition) is 4. The molecular formula is C20H20ClN3S. The summed E-state index contributed by atoms with van der Waals surface area (Å²) < 4.78 is 1.25. The lowest BCUT2D eigenvalue weighted by molar-refractivity contribution is 0.119. The summed E-state index contributed by atoms with van der Waals surface area (Å²) in [6.45, 7) is 3.67. The first-order chi connectivity index (χ1) is 12.2. The Morgan fingerprint density at radius 1 is 1.32 bits per heavy atom. The molecule has 2 heterocycles. The van der Waals surface area contributed by atoms with Crippen molar-refractivity contribution >= 4 is 33.0 Å². The number of halogens is 1. The molecule has 1 aliphatic heterocycles. The number of nitrogens with zero attached hydrogens (tertiary/aromatic N) is 2. The van der Waals surface area contributed by atoms with Crippen LogP contribution in [-0.2, 0) is 6.42 Å². The lowest BCUT2D eigenvalue weighted by atomic mass is 9.76. The van der Waals surface area contributed by atoms with Gasteiger partial charge >= 0.3 is 0 Å². The van der Waals surface area contributed by atoms with Crippen LogP contribution in [0, 0.1) is 17.2 Å². The van der Waals surface area contributed by atoms with E-state index in [4.69, 9.17) is 11.6 Å². The predicted octanol–water partition coefficient (Wildman–Crippen LogP) is 4.01. The van der Waals surface area contributed by atoms with Crippen molar-refractivity contribution in [3.05, 3.63) is 58.5 Å². The lowest BCUT2D eigenvalue weighted by Crippen LogP contribution is -2.58. The van der Waals surface area contributed by atoms with Gasteiger partial charge in [-0.2, -0.15) is 5.26 Å². The number of thiophene rings is 1. The summed E-state index contributed by atoms with van der Waals surface area (Å²) in [6.07, 6.45) is 9.22. The van der Waals surface area contributed by atoms with Gasteiger partial charge in [0.15, 0.2) is 0 Å². The van der Waals surface area contributed by atoms with Crippen LogP contribution in [0.15, 0.2) is 47.9 Å². The van der Waals surface area contributed by atoms with Gasteiger partial charge in [-0.15, -0.1) is 11.3 Å². The van der Waals surface area contributed by atoms with Crippen LogP contribution in [0.1, 0.15) is 5.56 Å². The number of nitrogens with one attached hydrogen (secondary N) is 1. The van der Waals surface area contributed by atoms with Gasteiger partial charge in [0.2, 0.25) is 0 Å². The van der Waals surface area contributed by atoms with Crippen LogP contribution in [0.25, 0.3) is 10.1 Å². The molecule has 0 amide bonds. The Hall–Kier alpha value is -1.64. The first kappa shape index (κ1) is 16.8. The first-order valence-corrected chi connectivity index (χ1v) is 9.87. The van der Waals surface area contributed by atoms with Gasteiger partial charge in [-0.05, 0) is 47.0 Å². The Morgan fingerprint density at radius 2 is 2.16 bits per heavy atom. The smallest absolute Gasteiger partial charge is 0.134 e. The summed E-state index contributed by atoms with van der Waals surface area (Å²) in [5, 5.41) is 17.7. The van der Waals surface area contributed by atoms with Crippen LogP contribution >= 0.6 is 22.9 Å². The maximum atomic E-state index is 10.1. The monoisotopic (exact) mass is 369 g/mol. The third kappa shape index (κ3) is 3.02. The number of hydrogen-bond donors (Lipinski definition) is 1. The van der Waals surface area contributed by atoms with Gasteiger partial charge in [0, 0.05) is 41.8 Å². The molecule has 4 rings (SSSR count). The molecule has 2 aromatic rings. The minimum atomic E-state index is -0.566. The molecule has 1 fully saturated rings. The molecule has 2 unspecified atom stereocenters. The number of piperazine rings is 1. The van der Waals surface area contributed by atoms with Gasteiger partial charge in [0.1, 0.15) is 5.54 Å². The van der Waals surface area contributed by atoms with Crippen molar-refractivity contribution < 1.29 is 0 Å². The SMILES string of the molecule is N#CC1(N2CCNCC2)C=CC=CC1Cc1csc2ccc(Cl)cc12. The van der Waals surface area contributed by atoms with Gasteiger partial charge in [0.05, 0.1) is 6.07 Å². The average molecular weight is 370 g/mol. The summed E-state index contributed by atoms with van der Waals surface area (Å²) in [7, 11) is 0. The standard InChI is InChI=1S/C20H20ClN3S/c21-17-4-5-19-18(12-17)15(13-25-19)11-16-3-1-2-6-20(16,14-22)24-9-7-23-8-10-24/h1-6,12-13,16,23H,7-11H2. The van der Waals surface area contributed by atoms with E-state index in [1.807, 2.05) is 18.2 Å². The average Bonchev–Trinajstić information content (AvgIpc) is 3.05. The molecule has 1 N–H and O–H groups in total. The Labute approximate surface area is 157 Å². The van der Waals surface area contributed by atoms with E-state index < -0.39 is 5.54 Å².